The van der Waals surface area contributed by atoms with Gasteiger partial charge in [0, 0.05) is 16.8 Å². The molecule has 0 bridgehead atoms. The Bertz CT molecular complexity index is 564. The highest BCUT2D eigenvalue weighted by atomic mass is 35.5. The van der Waals surface area contributed by atoms with Crippen molar-refractivity contribution in [2.75, 3.05) is 0 Å². The second-order valence-corrected chi connectivity index (χ2v) is 4.11. The van der Waals surface area contributed by atoms with Crippen LogP contribution >= 0.6 is 11.6 Å². The van der Waals surface area contributed by atoms with E-state index >= 15 is 0 Å². The first-order valence-corrected chi connectivity index (χ1v) is 5.41. The smallest absolute Gasteiger partial charge is 0.337 e. The first-order valence-electron chi connectivity index (χ1n) is 5.04. The van der Waals surface area contributed by atoms with Crippen LogP contribution in [0.5, 0.6) is 0 Å². The normalized spacial score (nSPS) is 10.2. The van der Waals surface area contributed by atoms with E-state index in [2.05, 4.69) is 4.98 Å². The number of carbonyl (C=O) groups is 1. The number of rotatable bonds is 2. The minimum absolute atomic E-state index is 0.173. The highest BCUT2D eigenvalue weighted by Gasteiger charge is 2.05. The van der Waals surface area contributed by atoms with Gasteiger partial charge in [0.2, 0.25) is 0 Å². The molecule has 0 aliphatic rings. The summed E-state index contributed by atoms with van der Waals surface area (Å²) in [6.07, 6.45) is 1.34. The molecule has 3 nitrogen and oxygen atoms in total. The lowest BCUT2D eigenvalue weighted by molar-refractivity contribution is 0.0696. The molecule has 4 heteroatoms. The van der Waals surface area contributed by atoms with Crippen LogP contribution in [0.15, 0.2) is 36.5 Å². The summed E-state index contributed by atoms with van der Waals surface area (Å²) < 4.78 is 0. The number of aromatic carboxylic acids is 1. The summed E-state index contributed by atoms with van der Waals surface area (Å²) in [6, 6.07) is 8.83. The molecule has 0 amide bonds. The fourth-order valence-corrected chi connectivity index (χ4v) is 1.62. The second kappa shape index (κ2) is 4.55. The molecule has 17 heavy (non-hydrogen) atoms. The van der Waals surface area contributed by atoms with Crippen molar-refractivity contribution in [1.82, 2.24) is 4.98 Å². The molecule has 0 saturated carbocycles. The molecule has 0 unspecified atom stereocenters. The number of pyridine rings is 1. The van der Waals surface area contributed by atoms with Crippen molar-refractivity contribution >= 4 is 17.6 Å². The summed E-state index contributed by atoms with van der Waals surface area (Å²) in [6.45, 7) is 1.92. The van der Waals surface area contributed by atoms with Gasteiger partial charge in [0.25, 0.3) is 0 Å². The third kappa shape index (κ3) is 2.45. The standard InChI is InChI=1S/C13H10ClNO2/c1-8-2-3-9(6-11(8)14)12-5-4-10(7-15-12)13(16)17/h2-7H,1H3,(H,16,17). The first-order chi connectivity index (χ1) is 8.08. The number of halogens is 1. The van der Waals surface area contributed by atoms with Crippen LogP contribution in [0.4, 0.5) is 0 Å². The molecule has 0 spiro atoms. The molecule has 1 aromatic heterocycles. The van der Waals surface area contributed by atoms with Gasteiger partial charge >= 0.3 is 5.97 Å². The van der Waals surface area contributed by atoms with Crippen LogP contribution in [0.25, 0.3) is 11.3 Å². The lowest BCUT2D eigenvalue weighted by Crippen LogP contribution is -1.97. The van der Waals surface area contributed by atoms with Gasteiger partial charge in [0.15, 0.2) is 0 Å². The van der Waals surface area contributed by atoms with E-state index in [4.69, 9.17) is 16.7 Å². The van der Waals surface area contributed by atoms with E-state index in [0.29, 0.717) is 10.7 Å². The molecule has 0 saturated heterocycles. The first kappa shape index (κ1) is 11.6. The molecular weight excluding hydrogens is 238 g/mol. The number of hydrogen-bond donors (Lipinski definition) is 1. The van der Waals surface area contributed by atoms with E-state index in [1.807, 2.05) is 25.1 Å². The minimum atomic E-state index is -0.981. The predicted octanol–water partition coefficient (Wildman–Crippen LogP) is 3.41. The van der Waals surface area contributed by atoms with Crippen molar-refractivity contribution in [2.45, 2.75) is 6.92 Å². The van der Waals surface area contributed by atoms with Crippen molar-refractivity contribution in [1.29, 1.82) is 0 Å². The maximum absolute atomic E-state index is 10.7. The maximum Gasteiger partial charge on any atom is 0.337 e. The fourth-order valence-electron chi connectivity index (χ4n) is 1.44. The Labute approximate surface area is 104 Å². The lowest BCUT2D eigenvalue weighted by Gasteiger charge is -2.03. The van der Waals surface area contributed by atoms with Gasteiger partial charge in [-0.1, -0.05) is 23.7 Å². The van der Waals surface area contributed by atoms with Crippen LogP contribution in [0, 0.1) is 6.92 Å². The number of aromatic nitrogens is 1. The number of hydrogen-bond acceptors (Lipinski definition) is 2. The molecule has 1 heterocycles. The van der Waals surface area contributed by atoms with Gasteiger partial charge in [-0.25, -0.2) is 4.79 Å². The highest BCUT2D eigenvalue weighted by Crippen LogP contribution is 2.23. The van der Waals surface area contributed by atoms with E-state index in [1.165, 1.54) is 12.3 Å². The van der Waals surface area contributed by atoms with Crippen LogP contribution < -0.4 is 0 Å². The second-order valence-electron chi connectivity index (χ2n) is 3.70. The van der Waals surface area contributed by atoms with Gasteiger partial charge in [-0.2, -0.15) is 0 Å². The van der Waals surface area contributed by atoms with Crippen LogP contribution in [0.3, 0.4) is 0 Å². The molecule has 0 aliphatic heterocycles. The van der Waals surface area contributed by atoms with Crippen molar-refractivity contribution in [3.05, 3.63) is 52.7 Å². The average molecular weight is 248 g/mol. The van der Waals surface area contributed by atoms with Gasteiger partial charge in [-0.05, 0) is 30.7 Å². The maximum atomic E-state index is 10.7. The van der Waals surface area contributed by atoms with Gasteiger partial charge < -0.3 is 5.11 Å². The number of aryl methyl sites for hydroxylation is 1. The molecule has 0 fully saturated rings. The molecular formula is C13H10ClNO2. The Morgan fingerprint density at radius 1 is 1.29 bits per heavy atom. The quantitative estimate of drug-likeness (QED) is 0.885. The number of benzene rings is 1. The number of nitrogens with zero attached hydrogens (tertiary/aromatic N) is 1. The van der Waals surface area contributed by atoms with E-state index in [0.717, 1.165) is 11.1 Å². The average Bonchev–Trinajstić information content (AvgIpc) is 2.33. The summed E-state index contributed by atoms with van der Waals surface area (Å²) >= 11 is 6.02. The monoisotopic (exact) mass is 247 g/mol. The SMILES string of the molecule is Cc1ccc(-c2ccc(C(=O)O)cn2)cc1Cl. The highest BCUT2D eigenvalue weighted by molar-refractivity contribution is 6.31. The molecule has 1 aromatic carbocycles. The van der Waals surface area contributed by atoms with Gasteiger partial charge in [0.05, 0.1) is 11.3 Å². The van der Waals surface area contributed by atoms with Crippen molar-refractivity contribution in [3.63, 3.8) is 0 Å². The van der Waals surface area contributed by atoms with Crippen molar-refractivity contribution in [2.24, 2.45) is 0 Å². The fraction of sp³-hybridized carbons (Fsp3) is 0.0769. The van der Waals surface area contributed by atoms with Gasteiger partial charge in [0.1, 0.15) is 0 Å². The topological polar surface area (TPSA) is 50.2 Å². The van der Waals surface area contributed by atoms with Crippen LogP contribution in [-0.2, 0) is 0 Å². The van der Waals surface area contributed by atoms with Crippen LogP contribution in [0.2, 0.25) is 5.02 Å². The molecule has 2 rings (SSSR count). The zero-order valence-electron chi connectivity index (χ0n) is 9.14. The van der Waals surface area contributed by atoms with Crippen molar-refractivity contribution < 1.29 is 9.90 Å². The number of carboxylic acid groups (broad SMARTS) is 1. The van der Waals surface area contributed by atoms with Crippen LogP contribution in [0.1, 0.15) is 15.9 Å². The largest absolute Gasteiger partial charge is 0.478 e. The Kier molecular flexibility index (Phi) is 3.11. The molecule has 1 N–H and O–H groups in total. The van der Waals surface area contributed by atoms with Gasteiger partial charge in [-0.3, -0.25) is 4.98 Å². The number of carboxylic acids is 1. The van der Waals surface area contributed by atoms with Crippen LogP contribution in [-0.4, -0.2) is 16.1 Å². The summed E-state index contributed by atoms with van der Waals surface area (Å²) in [7, 11) is 0. The summed E-state index contributed by atoms with van der Waals surface area (Å²) in [5.74, 6) is -0.981. The minimum Gasteiger partial charge on any atom is -0.478 e. The third-order valence-electron chi connectivity index (χ3n) is 2.48. The Balaban J connectivity index is 2.39. The summed E-state index contributed by atoms with van der Waals surface area (Å²) in [4.78, 5) is 14.8. The van der Waals surface area contributed by atoms with E-state index in [1.54, 1.807) is 6.07 Å². The Hall–Kier alpha value is -1.87. The zero-order chi connectivity index (χ0) is 12.4. The molecule has 0 aliphatic carbocycles. The predicted molar refractivity (Wildman–Crippen MR) is 66.4 cm³/mol. The lowest BCUT2D eigenvalue weighted by atomic mass is 10.1. The molecule has 0 radical (unpaired) electrons. The van der Waals surface area contributed by atoms with E-state index in [-0.39, 0.29) is 5.56 Å². The van der Waals surface area contributed by atoms with E-state index < -0.39 is 5.97 Å². The van der Waals surface area contributed by atoms with Gasteiger partial charge in [-0.15, -0.1) is 0 Å². The summed E-state index contributed by atoms with van der Waals surface area (Å²) in [5.41, 5.74) is 2.75. The zero-order valence-corrected chi connectivity index (χ0v) is 9.90. The van der Waals surface area contributed by atoms with Crippen molar-refractivity contribution in [3.8, 4) is 11.3 Å². The molecule has 0 atom stereocenters. The third-order valence-corrected chi connectivity index (χ3v) is 2.89. The Morgan fingerprint density at radius 3 is 2.59 bits per heavy atom. The summed E-state index contributed by atoms with van der Waals surface area (Å²) in [5, 5.41) is 9.44. The Morgan fingerprint density at radius 2 is 2.06 bits per heavy atom. The molecule has 2 aromatic rings. The van der Waals surface area contributed by atoms with E-state index in [9.17, 15) is 4.79 Å². The molecule has 86 valence electrons.